The maximum atomic E-state index is 13.0. The van der Waals surface area contributed by atoms with Crippen LogP contribution in [-0.2, 0) is 11.2 Å². The Kier molecular flexibility index (Phi) is 6.01. The number of benzene rings is 2. The van der Waals surface area contributed by atoms with Gasteiger partial charge in [-0.1, -0.05) is 36.0 Å². The number of para-hydroxylation sites is 1. The topological polar surface area (TPSA) is 63.1 Å². The molecule has 1 aliphatic heterocycles. The Labute approximate surface area is 155 Å². The van der Waals surface area contributed by atoms with Crippen molar-refractivity contribution in [1.82, 2.24) is 5.32 Å². The zero-order valence-electron chi connectivity index (χ0n) is 14.2. The molecule has 2 aromatic carbocycles. The molecule has 2 aromatic rings. The Morgan fingerprint density at radius 1 is 1.23 bits per heavy atom. The molecule has 0 saturated carbocycles. The van der Waals surface area contributed by atoms with Crippen molar-refractivity contribution in [2.75, 3.05) is 6.61 Å². The molecule has 1 heterocycles. The van der Waals surface area contributed by atoms with Crippen molar-refractivity contribution in [1.29, 1.82) is 0 Å². The first kappa shape index (κ1) is 18.1. The summed E-state index contributed by atoms with van der Waals surface area (Å²) >= 11 is 1.32. The van der Waals surface area contributed by atoms with Gasteiger partial charge in [0.25, 0.3) is 0 Å². The van der Waals surface area contributed by atoms with Crippen LogP contribution in [0.1, 0.15) is 18.1 Å². The van der Waals surface area contributed by atoms with Gasteiger partial charge in [0.15, 0.2) is 5.17 Å². The molecule has 1 unspecified atom stereocenters. The fourth-order valence-corrected chi connectivity index (χ4v) is 3.40. The lowest BCUT2D eigenvalue weighted by Gasteiger charge is -2.05. The highest BCUT2D eigenvalue weighted by molar-refractivity contribution is 8.15. The maximum absolute atomic E-state index is 13.0. The van der Waals surface area contributed by atoms with Crippen LogP contribution in [-0.4, -0.2) is 29.1 Å². The van der Waals surface area contributed by atoms with E-state index in [-0.39, 0.29) is 17.0 Å². The monoisotopic (exact) mass is 371 g/mol. The van der Waals surface area contributed by atoms with Gasteiger partial charge < -0.3 is 10.1 Å². The lowest BCUT2D eigenvalue weighted by molar-refractivity contribution is -0.118. The summed E-state index contributed by atoms with van der Waals surface area (Å²) in [4.78, 5) is 12.1. The van der Waals surface area contributed by atoms with Crippen molar-refractivity contribution >= 4 is 29.1 Å². The first-order valence-electron chi connectivity index (χ1n) is 8.20. The summed E-state index contributed by atoms with van der Waals surface area (Å²) in [5.41, 5.74) is 1.71. The molecule has 0 spiro atoms. The minimum absolute atomic E-state index is 0.122. The number of amidine groups is 1. The summed E-state index contributed by atoms with van der Waals surface area (Å²) in [6.07, 6.45) is 2.10. The molecule has 1 N–H and O–H groups in total. The third-order valence-corrected chi connectivity index (χ3v) is 4.75. The van der Waals surface area contributed by atoms with Gasteiger partial charge in [0.05, 0.1) is 18.1 Å². The number of nitrogens with zero attached hydrogens (tertiary/aromatic N) is 2. The summed E-state index contributed by atoms with van der Waals surface area (Å²) in [6.45, 7) is 2.48. The van der Waals surface area contributed by atoms with Gasteiger partial charge in [-0.25, -0.2) is 4.39 Å². The molecular formula is C19H18FN3O2S. The molecule has 0 radical (unpaired) electrons. The number of rotatable bonds is 6. The minimum Gasteiger partial charge on any atom is -0.493 e. The Balaban J connectivity index is 1.64. The van der Waals surface area contributed by atoms with Crippen LogP contribution in [0.3, 0.4) is 0 Å². The normalized spacial score (nSPS) is 18.5. The Bertz CT molecular complexity index is 837. The molecule has 26 heavy (non-hydrogen) atoms. The van der Waals surface area contributed by atoms with Gasteiger partial charge >= 0.3 is 0 Å². The number of hydrogen-bond acceptors (Lipinski definition) is 5. The summed E-state index contributed by atoms with van der Waals surface area (Å²) < 4.78 is 18.5. The second-order valence-corrected chi connectivity index (χ2v) is 6.74. The lowest BCUT2D eigenvalue weighted by Crippen LogP contribution is -2.25. The Morgan fingerprint density at radius 2 is 2.00 bits per heavy atom. The van der Waals surface area contributed by atoms with Crippen molar-refractivity contribution in [2.45, 2.75) is 18.6 Å². The van der Waals surface area contributed by atoms with Gasteiger partial charge in [-0.2, -0.15) is 5.10 Å². The number of nitrogens with one attached hydrogen (secondary N) is 1. The zero-order chi connectivity index (χ0) is 18.4. The van der Waals surface area contributed by atoms with Crippen molar-refractivity contribution in [3.05, 3.63) is 65.5 Å². The molecule has 0 bridgehead atoms. The van der Waals surface area contributed by atoms with E-state index in [1.807, 2.05) is 31.2 Å². The SMILES string of the molecule is CCOc1ccccc1/C=N/N=C1\NC(=O)C(Cc2ccc(F)cc2)S1. The summed E-state index contributed by atoms with van der Waals surface area (Å²) in [5.74, 6) is 0.320. The van der Waals surface area contributed by atoms with Gasteiger partial charge in [0.1, 0.15) is 11.6 Å². The van der Waals surface area contributed by atoms with Crippen LogP contribution in [0.25, 0.3) is 0 Å². The number of ether oxygens (including phenoxy) is 1. The van der Waals surface area contributed by atoms with E-state index < -0.39 is 0 Å². The molecule has 1 fully saturated rings. The standard InChI is InChI=1S/C19H18FN3O2S/c1-2-25-16-6-4-3-5-14(16)12-21-23-19-22-18(24)17(26-19)11-13-7-9-15(20)10-8-13/h3-10,12,17H,2,11H2,1H3,(H,22,23,24)/b21-12+. The predicted octanol–water partition coefficient (Wildman–Crippen LogP) is 3.39. The fraction of sp³-hybridized carbons (Fsp3) is 0.211. The number of carbonyl (C=O) groups is 1. The van der Waals surface area contributed by atoms with Gasteiger partial charge in [-0.3, -0.25) is 4.79 Å². The average Bonchev–Trinajstić information content (AvgIpc) is 2.98. The van der Waals surface area contributed by atoms with E-state index in [1.54, 1.807) is 18.3 Å². The number of carbonyl (C=O) groups excluding carboxylic acids is 1. The number of hydrogen-bond donors (Lipinski definition) is 1. The van der Waals surface area contributed by atoms with Crippen LogP contribution in [0.15, 0.2) is 58.7 Å². The lowest BCUT2D eigenvalue weighted by atomic mass is 10.1. The van der Waals surface area contributed by atoms with Crippen LogP contribution >= 0.6 is 11.8 Å². The second-order valence-electron chi connectivity index (χ2n) is 5.55. The second kappa shape index (κ2) is 8.62. The Morgan fingerprint density at radius 3 is 2.77 bits per heavy atom. The Hall–Kier alpha value is -2.67. The van der Waals surface area contributed by atoms with E-state index in [9.17, 15) is 9.18 Å². The van der Waals surface area contributed by atoms with Crippen molar-refractivity contribution in [2.24, 2.45) is 10.2 Å². The highest BCUT2D eigenvalue weighted by atomic mass is 32.2. The van der Waals surface area contributed by atoms with Gasteiger partial charge in [0, 0.05) is 5.56 Å². The van der Waals surface area contributed by atoms with E-state index >= 15 is 0 Å². The minimum atomic E-state index is -0.301. The third-order valence-electron chi connectivity index (χ3n) is 3.68. The highest BCUT2D eigenvalue weighted by Gasteiger charge is 2.30. The molecule has 0 aromatic heterocycles. The summed E-state index contributed by atoms with van der Waals surface area (Å²) in [6, 6.07) is 13.7. The maximum Gasteiger partial charge on any atom is 0.239 e. The average molecular weight is 371 g/mol. The molecule has 134 valence electrons. The zero-order valence-corrected chi connectivity index (χ0v) is 15.0. The third kappa shape index (κ3) is 4.70. The molecule has 0 aliphatic carbocycles. The van der Waals surface area contributed by atoms with Crippen LogP contribution in [0.5, 0.6) is 5.75 Å². The van der Waals surface area contributed by atoms with E-state index in [1.165, 1.54) is 23.9 Å². The van der Waals surface area contributed by atoms with Crippen molar-refractivity contribution < 1.29 is 13.9 Å². The van der Waals surface area contributed by atoms with E-state index in [2.05, 4.69) is 15.5 Å². The molecule has 1 saturated heterocycles. The van der Waals surface area contributed by atoms with E-state index in [0.717, 1.165) is 16.9 Å². The molecule has 7 heteroatoms. The first-order chi connectivity index (χ1) is 12.7. The smallest absolute Gasteiger partial charge is 0.239 e. The van der Waals surface area contributed by atoms with Crippen molar-refractivity contribution in [3.63, 3.8) is 0 Å². The van der Waals surface area contributed by atoms with Gasteiger partial charge in [-0.15, -0.1) is 5.10 Å². The molecular weight excluding hydrogens is 353 g/mol. The largest absolute Gasteiger partial charge is 0.493 e. The number of halogens is 1. The quantitative estimate of drug-likeness (QED) is 0.625. The van der Waals surface area contributed by atoms with Crippen LogP contribution < -0.4 is 10.1 Å². The van der Waals surface area contributed by atoms with Crippen LogP contribution in [0, 0.1) is 5.82 Å². The number of thioether (sulfide) groups is 1. The predicted molar refractivity (Wildman–Crippen MR) is 102 cm³/mol. The molecule has 5 nitrogen and oxygen atoms in total. The van der Waals surface area contributed by atoms with Crippen LogP contribution in [0.4, 0.5) is 4.39 Å². The molecule has 1 aliphatic rings. The van der Waals surface area contributed by atoms with Gasteiger partial charge in [-0.05, 0) is 43.2 Å². The van der Waals surface area contributed by atoms with E-state index in [4.69, 9.17) is 4.74 Å². The summed E-state index contributed by atoms with van der Waals surface area (Å²) in [7, 11) is 0. The molecule has 1 amide bonds. The van der Waals surface area contributed by atoms with E-state index in [0.29, 0.717) is 18.2 Å². The fourth-order valence-electron chi connectivity index (χ4n) is 2.44. The first-order valence-corrected chi connectivity index (χ1v) is 9.08. The van der Waals surface area contributed by atoms with Gasteiger partial charge in [0.2, 0.25) is 5.91 Å². The molecule has 3 rings (SSSR count). The highest BCUT2D eigenvalue weighted by Crippen LogP contribution is 2.23. The molecule has 1 atom stereocenters. The van der Waals surface area contributed by atoms with Crippen molar-refractivity contribution in [3.8, 4) is 5.75 Å². The summed E-state index contributed by atoms with van der Waals surface area (Å²) in [5, 5.41) is 11.0. The van der Waals surface area contributed by atoms with Crippen LogP contribution in [0.2, 0.25) is 0 Å². The number of amides is 1.